The molecular formula is C77H134O6. The molecule has 0 aromatic heterocycles. The lowest BCUT2D eigenvalue weighted by Crippen LogP contribution is -2.30. The molecule has 0 aliphatic heterocycles. The minimum absolute atomic E-state index is 0.0740. The van der Waals surface area contributed by atoms with E-state index in [0.717, 1.165) is 109 Å². The molecule has 1 unspecified atom stereocenters. The Hall–Kier alpha value is -3.67. The number of carbonyl (C=O) groups excluding carboxylic acids is 3. The SMILES string of the molecule is CC/C=C\C/C=C\C/C=C\C/C=C\C/C=C\C/C=C\CCCCCCCCCCCCCCCCC(=O)OCC(COC(=O)CCCCCCC)OC(=O)CCCCCCCCCCCCCCCCC/C=C\C/C=C\CCCCCCC. The van der Waals surface area contributed by atoms with Crippen LogP contribution in [0.3, 0.4) is 0 Å². The van der Waals surface area contributed by atoms with Crippen LogP contribution >= 0.6 is 0 Å². The second kappa shape index (κ2) is 70.8. The van der Waals surface area contributed by atoms with E-state index in [1.807, 2.05) is 0 Å². The van der Waals surface area contributed by atoms with Crippen LogP contribution in [0.4, 0.5) is 0 Å². The van der Waals surface area contributed by atoms with E-state index >= 15 is 0 Å². The molecule has 0 bridgehead atoms. The van der Waals surface area contributed by atoms with Crippen LogP contribution in [0.2, 0.25) is 0 Å². The molecule has 0 fully saturated rings. The second-order valence-corrected chi connectivity index (χ2v) is 23.8. The third-order valence-electron chi connectivity index (χ3n) is 15.6. The van der Waals surface area contributed by atoms with Gasteiger partial charge in [-0.1, -0.05) is 330 Å². The van der Waals surface area contributed by atoms with Gasteiger partial charge in [0.2, 0.25) is 0 Å². The van der Waals surface area contributed by atoms with Gasteiger partial charge < -0.3 is 14.2 Å². The molecule has 0 N–H and O–H groups in total. The highest BCUT2D eigenvalue weighted by atomic mass is 16.6. The van der Waals surface area contributed by atoms with Crippen LogP contribution in [0.15, 0.2) is 97.2 Å². The fourth-order valence-corrected chi connectivity index (χ4v) is 10.2. The van der Waals surface area contributed by atoms with E-state index in [4.69, 9.17) is 14.2 Å². The van der Waals surface area contributed by atoms with E-state index in [1.54, 1.807) is 0 Å². The minimum Gasteiger partial charge on any atom is -0.462 e. The minimum atomic E-state index is -0.773. The Kier molecular flexibility index (Phi) is 67.7. The summed E-state index contributed by atoms with van der Waals surface area (Å²) in [5, 5.41) is 0. The van der Waals surface area contributed by atoms with Crippen LogP contribution in [0.25, 0.3) is 0 Å². The summed E-state index contributed by atoms with van der Waals surface area (Å²) in [6.07, 6.45) is 96.4. The van der Waals surface area contributed by atoms with E-state index in [0.29, 0.717) is 19.3 Å². The number of hydrogen-bond acceptors (Lipinski definition) is 6. The lowest BCUT2D eigenvalue weighted by Gasteiger charge is -2.18. The van der Waals surface area contributed by atoms with Gasteiger partial charge in [0.15, 0.2) is 6.10 Å². The van der Waals surface area contributed by atoms with Crippen molar-refractivity contribution in [2.45, 2.75) is 361 Å². The van der Waals surface area contributed by atoms with Crippen molar-refractivity contribution in [2.24, 2.45) is 0 Å². The molecular weight excluding hydrogens is 1020 g/mol. The molecule has 6 nitrogen and oxygen atoms in total. The van der Waals surface area contributed by atoms with Gasteiger partial charge >= 0.3 is 17.9 Å². The molecule has 1 atom stereocenters. The summed E-state index contributed by atoms with van der Waals surface area (Å²) >= 11 is 0. The molecule has 83 heavy (non-hydrogen) atoms. The molecule has 0 rings (SSSR count). The van der Waals surface area contributed by atoms with Crippen LogP contribution in [0.5, 0.6) is 0 Å². The fourth-order valence-electron chi connectivity index (χ4n) is 10.2. The first kappa shape index (κ1) is 79.3. The normalized spacial score (nSPS) is 12.7. The highest BCUT2D eigenvalue weighted by molar-refractivity contribution is 5.71. The average molecular weight is 1160 g/mol. The maximum absolute atomic E-state index is 12.9. The van der Waals surface area contributed by atoms with Crippen molar-refractivity contribution in [1.29, 1.82) is 0 Å². The van der Waals surface area contributed by atoms with Gasteiger partial charge in [-0.05, 0) is 103 Å². The van der Waals surface area contributed by atoms with E-state index < -0.39 is 6.10 Å². The maximum atomic E-state index is 12.9. The zero-order valence-corrected chi connectivity index (χ0v) is 54.9. The quantitative estimate of drug-likeness (QED) is 0.0261. The zero-order valence-electron chi connectivity index (χ0n) is 54.9. The average Bonchev–Trinajstić information content (AvgIpc) is 3.49. The van der Waals surface area contributed by atoms with Crippen molar-refractivity contribution in [3.05, 3.63) is 97.2 Å². The van der Waals surface area contributed by atoms with Crippen LogP contribution in [-0.2, 0) is 28.6 Å². The number of esters is 3. The number of ether oxygens (including phenoxy) is 3. The summed E-state index contributed by atoms with van der Waals surface area (Å²) < 4.78 is 16.8. The Morgan fingerprint density at radius 1 is 0.253 bits per heavy atom. The largest absolute Gasteiger partial charge is 0.462 e. The van der Waals surface area contributed by atoms with Gasteiger partial charge in [0.1, 0.15) is 13.2 Å². The molecule has 0 aliphatic carbocycles. The zero-order chi connectivity index (χ0) is 59.9. The van der Waals surface area contributed by atoms with Crippen molar-refractivity contribution in [3.63, 3.8) is 0 Å². The predicted octanol–water partition coefficient (Wildman–Crippen LogP) is 24.8. The number of rotatable bonds is 65. The van der Waals surface area contributed by atoms with Crippen LogP contribution in [0, 0.1) is 0 Å². The van der Waals surface area contributed by atoms with E-state index in [2.05, 4.69) is 118 Å². The number of hydrogen-bond donors (Lipinski definition) is 0. The van der Waals surface area contributed by atoms with E-state index in [-0.39, 0.29) is 31.1 Å². The maximum Gasteiger partial charge on any atom is 0.306 e. The Morgan fingerprint density at radius 3 is 0.735 bits per heavy atom. The summed E-state index contributed by atoms with van der Waals surface area (Å²) in [6.45, 7) is 6.47. The van der Waals surface area contributed by atoms with Crippen LogP contribution in [-0.4, -0.2) is 37.2 Å². The molecule has 478 valence electrons. The topological polar surface area (TPSA) is 78.9 Å². The summed E-state index contributed by atoms with van der Waals surface area (Å²) in [5.41, 5.74) is 0. The molecule has 6 heteroatoms. The van der Waals surface area contributed by atoms with Crippen molar-refractivity contribution in [1.82, 2.24) is 0 Å². The van der Waals surface area contributed by atoms with Gasteiger partial charge in [0, 0.05) is 19.3 Å². The highest BCUT2D eigenvalue weighted by Crippen LogP contribution is 2.18. The lowest BCUT2D eigenvalue weighted by atomic mass is 10.0. The Morgan fingerprint density at radius 2 is 0.470 bits per heavy atom. The Bertz CT molecular complexity index is 1610. The molecule has 0 saturated carbocycles. The molecule has 0 spiro atoms. The van der Waals surface area contributed by atoms with Crippen LogP contribution < -0.4 is 0 Å². The van der Waals surface area contributed by atoms with Gasteiger partial charge in [-0.25, -0.2) is 0 Å². The van der Waals surface area contributed by atoms with Gasteiger partial charge in [0.05, 0.1) is 0 Å². The van der Waals surface area contributed by atoms with Crippen molar-refractivity contribution in [3.8, 4) is 0 Å². The lowest BCUT2D eigenvalue weighted by molar-refractivity contribution is -0.167. The Balaban J connectivity index is 3.96. The van der Waals surface area contributed by atoms with Crippen molar-refractivity contribution >= 4 is 17.9 Å². The van der Waals surface area contributed by atoms with Gasteiger partial charge in [0.25, 0.3) is 0 Å². The molecule has 0 aromatic carbocycles. The second-order valence-electron chi connectivity index (χ2n) is 23.8. The first-order valence-corrected chi connectivity index (χ1v) is 35.7. The van der Waals surface area contributed by atoms with Gasteiger partial charge in [-0.3, -0.25) is 14.4 Å². The molecule has 0 aliphatic rings. The molecule has 0 heterocycles. The standard InChI is InChI=1S/C77H134O6/c1-4-7-10-13-15-17-19-21-23-25-27-29-31-33-35-36-37-38-39-40-42-43-45-47-49-51-53-55-57-59-61-64-67-70-76(79)82-73-74(72-81-75(78)69-66-63-12-9-6-3)83-77(80)71-68-65-62-60-58-56-54-52-50-48-46-44-41-34-32-30-28-26-24-22-20-18-16-14-11-8-5-2/h7,10,15,17,20-23,26-29,33,35,37-38,74H,4-6,8-9,11-14,16,18-19,24-25,30-32,34,36,39-73H2,1-3H3/b10-7-,17-15-,22-20-,23-21-,28-26-,29-27-,35-33-,38-37-. The molecule has 0 amide bonds. The molecule has 0 saturated heterocycles. The number of allylic oxidation sites excluding steroid dienone is 16. The first-order chi connectivity index (χ1) is 41.0. The summed E-state index contributed by atoms with van der Waals surface area (Å²) in [6, 6.07) is 0. The Labute approximate surface area is 515 Å². The van der Waals surface area contributed by atoms with E-state index in [1.165, 1.54) is 205 Å². The number of unbranched alkanes of at least 4 members (excludes halogenated alkanes) is 38. The van der Waals surface area contributed by atoms with Crippen molar-refractivity contribution in [2.75, 3.05) is 13.2 Å². The predicted molar refractivity (Wildman–Crippen MR) is 362 cm³/mol. The van der Waals surface area contributed by atoms with Gasteiger partial charge in [-0.15, -0.1) is 0 Å². The summed E-state index contributed by atoms with van der Waals surface area (Å²) in [4.78, 5) is 38.0. The smallest absolute Gasteiger partial charge is 0.306 e. The third-order valence-corrected chi connectivity index (χ3v) is 15.6. The van der Waals surface area contributed by atoms with Crippen LogP contribution in [0.1, 0.15) is 355 Å². The summed E-state index contributed by atoms with van der Waals surface area (Å²) in [7, 11) is 0. The van der Waals surface area contributed by atoms with Gasteiger partial charge in [-0.2, -0.15) is 0 Å². The highest BCUT2D eigenvalue weighted by Gasteiger charge is 2.19. The molecule has 0 radical (unpaired) electrons. The fraction of sp³-hybridized carbons (Fsp3) is 0.753. The molecule has 0 aromatic rings. The summed E-state index contributed by atoms with van der Waals surface area (Å²) in [5.74, 6) is -0.873. The third kappa shape index (κ3) is 69.0. The monoisotopic (exact) mass is 1160 g/mol. The number of carbonyl (C=O) groups is 3. The first-order valence-electron chi connectivity index (χ1n) is 35.7. The van der Waals surface area contributed by atoms with E-state index in [9.17, 15) is 14.4 Å². The van der Waals surface area contributed by atoms with Crippen molar-refractivity contribution < 1.29 is 28.6 Å².